The normalized spacial score (nSPS) is 36.8. The average Bonchev–Trinajstić information content (AvgIpc) is 1.64. The highest BCUT2D eigenvalue weighted by atomic mass is 19.1. The van der Waals surface area contributed by atoms with E-state index in [0.717, 1.165) is 18.8 Å². The first-order chi connectivity index (χ1) is 3.83. The van der Waals surface area contributed by atoms with E-state index in [2.05, 4.69) is 11.7 Å². The van der Waals surface area contributed by atoms with E-state index in [1.165, 1.54) is 0 Å². The zero-order chi connectivity index (χ0) is 5.98. The lowest BCUT2D eigenvalue weighted by Crippen LogP contribution is -2.28. The second-order valence-electron chi connectivity index (χ2n) is 2.47. The van der Waals surface area contributed by atoms with Crippen LogP contribution in [0.5, 0.6) is 0 Å². The van der Waals surface area contributed by atoms with Crippen LogP contribution in [0.1, 0.15) is 19.8 Å². The van der Waals surface area contributed by atoms with Crippen LogP contribution in [0.2, 0.25) is 0 Å². The highest BCUT2D eigenvalue weighted by Gasteiger charge is 2.25. The molecule has 0 atom stereocenters. The van der Waals surface area contributed by atoms with Crippen LogP contribution in [0.4, 0.5) is 4.39 Å². The monoisotopic (exact) mass is 118 g/mol. The molecule has 0 aromatic carbocycles. The molecule has 0 aromatic rings. The molecule has 48 valence electrons. The summed E-state index contributed by atoms with van der Waals surface area (Å²) in [6.45, 7) is 1.54. The van der Waals surface area contributed by atoms with Crippen LogP contribution in [-0.2, 0) is 4.74 Å². The van der Waals surface area contributed by atoms with Crippen molar-refractivity contribution in [2.45, 2.75) is 25.9 Å². The third kappa shape index (κ3) is 1.19. The summed E-state index contributed by atoms with van der Waals surface area (Å²) in [7, 11) is 0. The van der Waals surface area contributed by atoms with Crippen molar-refractivity contribution in [3.63, 3.8) is 0 Å². The van der Waals surface area contributed by atoms with Gasteiger partial charge in [-0.3, -0.25) is 0 Å². The highest BCUT2D eigenvalue weighted by Crippen LogP contribution is 2.28. The van der Waals surface area contributed by atoms with Crippen molar-refractivity contribution in [3.8, 4) is 0 Å². The molecule has 0 radical (unpaired) electrons. The maximum Gasteiger partial charge on any atom is 0.188 e. The fraction of sp³-hybridized carbons (Fsp3) is 1.00. The van der Waals surface area contributed by atoms with Gasteiger partial charge in [0.25, 0.3) is 0 Å². The molecular weight excluding hydrogens is 107 g/mol. The number of ether oxygens (including phenoxy) is 1. The molecule has 1 aliphatic rings. The minimum absolute atomic E-state index is 0.231. The quantitative estimate of drug-likeness (QED) is 0.536. The lowest BCUT2D eigenvalue weighted by Gasteiger charge is -2.31. The lowest BCUT2D eigenvalue weighted by molar-refractivity contribution is -0.0635. The first kappa shape index (κ1) is 6.02. The van der Waals surface area contributed by atoms with Crippen molar-refractivity contribution in [1.29, 1.82) is 0 Å². The molecule has 8 heavy (non-hydrogen) atoms. The fourth-order valence-electron chi connectivity index (χ4n) is 1.05. The number of halogens is 1. The molecule has 0 N–H and O–H groups in total. The zero-order valence-corrected chi connectivity index (χ0v) is 5.06. The van der Waals surface area contributed by atoms with Gasteiger partial charge in [-0.05, 0) is 18.8 Å². The second kappa shape index (κ2) is 2.44. The van der Waals surface area contributed by atoms with E-state index in [-0.39, 0.29) is 6.10 Å². The molecule has 0 bridgehead atoms. The van der Waals surface area contributed by atoms with E-state index >= 15 is 0 Å². The van der Waals surface area contributed by atoms with E-state index in [1.807, 2.05) is 0 Å². The molecule has 0 spiro atoms. The summed E-state index contributed by atoms with van der Waals surface area (Å²) >= 11 is 0. The second-order valence-corrected chi connectivity index (χ2v) is 2.47. The topological polar surface area (TPSA) is 9.23 Å². The molecule has 0 heterocycles. The summed E-state index contributed by atoms with van der Waals surface area (Å²) in [4.78, 5) is 0. The van der Waals surface area contributed by atoms with Crippen molar-refractivity contribution in [3.05, 3.63) is 0 Å². The largest absolute Gasteiger partial charge is 0.347 e. The van der Waals surface area contributed by atoms with Gasteiger partial charge in [-0.15, -0.1) is 0 Å². The Kier molecular flexibility index (Phi) is 1.84. The fourth-order valence-corrected chi connectivity index (χ4v) is 1.05. The van der Waals surface area contributed by atoms with Gasteiger partial charge in [0.2, 0.25) is 0 Å². The standard InChI is InChI=1S/C6H11FO/c1-5-2-6(3-5)8-4-7/h5-6H,2-4H2,1H3/t5-,6+. The van der Waals surface area contributed by atoms with Crippen LogP contribution in [0, 0.1) is 5.92 Å². The maximum atomic E-state index is 11.4. The van der Waals surface area contributed by atoms with Gasteiger partial charge in [0, 0.05) is 0 Å². The summed E-state index contributed by atoms with van der Waals surface area (Å²) in [5.74, 6) is 0.756. The molecule has 1 fully saturated rings. The van der Waals surface area contributed by atoms with Gasteiger partial charge < -0.3 is 4.74 Å². The van der Waals surface area contributed by atoms with Crippen LogP contribution in [0.15, 0.2) is 0 Å². The van der Waals surface area contributed by atoms with Crippen molar-refractivity contribution in [1.82, 2.24) is 0 Å². The third-order valence-electron chi connectivity index (χ3n) is 1.63. The summed E-state index contributed by atoms with van der Waals surface area (Å²) in [6.07, 6.45) is 2.32. The number of hydrogen-bond donors (Lipinski definition) is 0. The minimum atomic E-state index is -0.614. The maximum absolute atomic E-state index is 11.4. The lowest BCUT2D eigenvalue weighted by atomic mass is 9.84. The molecule has 0 amide bonds. The minimum Gasteiger partial charge on any atom is -0.347 e. The van der Waals surface area contributed by atoms with Gasteiger partial charge in [0.05, 0.1) is 6.10 Å². The number of hydrogen-bond acceptors (Lipinski definition) is 1. The Morgan fingerprint density at radius 2 is 2.25 bits per heavy atom. The predicted molar refractivity (Wildman–Crippen MR) is 29.2 cm³/mol. The van der Waals surface area contributed by atoms with E-state index in [0.29, 0.717) is 0 Å². The number of alkyl halides is 1. The summed E-state index contributed by atoms with van der Waals surface area (Å²) < 4.78 is 16.1. The Morgan fingerprint density at radius 3 is 2.62 bits per heavy atom. The smallest absolute Gasteiger partial charge is 0.188 e. The third-order valence-corrected chi connectivity index (χ3v) is 1.63. The first-order valence-corrected chi connectivity index (χ1v) is 3.00. The van der Waals surface area contributed by atoms with Crippen LogP contribution in [0.25, 0.3) is 0 Å². The molecule has 2 heteroatoms. The molecule has 0 saturated heterocycles. The van der Waals surface area contributed by atoms with Crippen molar-refractivity contribution in [2.75, 3.05) is 6.86 Å². The van der Waals surface area contributed by atoms with Gasteiger partial charge >= 0.3 is 0 Å². The predicted octanol–water partition coefficient (Wildman–Crippen LogP) is 1.73. The summed E-state index contributed by atoms with van der Waals surface area (Å²) in [5, 5.41) is 0. The van der Waals surface area contributed by atoms with Crippen molar-refractivity contribution in [2.24, 2.45) is 5.92 Å². The van der Waals surface area contributed by atoms with E-state index in [1.54, 1.807) is 0 Å². The van der Waals surface area contributed by atoms with Crippen LogP contribution in [0.3, 0.4) is 0 Å². The molecule has 0 aromatic heterocycles. The zero-order valence-electron chi connectivity index (χ0n) is 5.06. The van der Waals surface area contributed by atoms with Crippen LogP contribution >= 0.6 is 0 Å². The molecule has 0 aliphatic heterocycles. The average molecular weight is 118 g/mol. The van der Waals surface area contributed by atoms with Gasteiger partial charge in [-0.25, -0.2) is 4.39 Å². The Labute approximate surface area is 48.8 Å². The molecule has 1 nitrogen and oxygen atoms in total. The molecular formula is C6H11FO. The van der Waals surface area contributed by atoms with E-state index in [4.69, 9.17) is 0 Å². The summed E-state index contributed by atoms with van der Waals surface area (Å²) in [6, 6.07) is 0. The molecule has 1 aliphatic carbocycles. The first-order valence-electron chi connectivity index (χ1n) is 3.00. The van der Waals surface area contributed by atoms with Gasteiger partial charge in [-0.1, -0.05) is 6.92 Å². The SMILES string of the molecule is C[C@H]1C[C@@H](OCF)C1. The van der Waals surface area contributed by atoms with Crippen molar-refractivity contribution < 1.29 is 9.13 Å². The van der Waals surface area contributed by atoms with Gasteiger partial charge in [-0.2, -0.15) is 0 Å². The molecule has 1 saturated carbocycles. The Bertz CT molecular complexity index is 66.2. The number of rotatable bonds is 2. The van der Waals surface area contributed by atoms with Crippen molar-refractivity contribution >= 4 is 0 Å². The Morgan fingerprint density at radius 1 is 1.62 bits per heavy atom. The summed E-state index contributed by atoms with van der Waals surface area (Å²) in [5.41, 5.74) is 0. The van der Waals surface area contributed by atoms with Gasteiger partial charge in [0.15, 0.2) is 6.86 Å². The Hall–Kier alpha value is -0.110. The van der Waals surface area contributed by atoms with Gasteiger partial charge in [0.1, 0.15) is 0 Å². The highest BCUT2D eigenvalue weighted by molar-refractivity contribution is 4.75. The molecule has 1 rings (SSSR count). The van der Waals surface area contributed by atoms with Crippen LogP contribution in [-0.4, -0.2) is 13.0 Å². The van der Waals surface area contributed by atoms with E-state index < -0.39 is 6.86 Å². The molecule has 0 unspecified atom stereocenters. The van der Waals surface area contributed by atoms with E-state index in [9.17, 15) is 4.39 Å². The van der Waals surface area contributed by atoms with Crippen LogP contribution < -0.4 is 0 Å². The Balaban J connectivity index is 1.98.